The van der Waals surface area contributed by atoms with Gasteiger partial charge in [0.1, 0.15) is 5.82 Å². The van der Waals surface area contributed by atoms with Crippen LogP contribution < -0.4 is 10.5 Å². The molecule has 0 fully saturated rings. The molecule has 0 aromatic heterocycles. The quantitative estimate of drug-likeness (QED) is 0.692. The molecule has 1 atom stereocenters. The van der Waals surface area contributed by atoms with Crippen molar-refractivity contribution in [3.8, 4) is 0 Å². The Morgan fingerprint density at radius 3 is 2.61 bits per heavy atom. The molecule has 1 aromatic carbocycles. The minimum atomic E-state index is -3.78. The zero-order valence-corrected chi connectivity index (χ0v) is 11.1. The predicted octanol–water partition coefficient (Wildman–Crippen LogP) is 0.766. The maximum atomic E-state index is 13.3. The molecule has 0 bridgehead atoms. The maximum Gasteiger partial charge on any atom is 0.240 e. The van der Waals surface area contributed by atoms with Crippen molar-refractivity contribution < 1.29 is 17.9 Å². The summed E-state index contributed by atoms with van der Waals surface area (Å²) in [5.41, 5.74) is 5.33. The first-order valence-electron chi connectivity index (χ1n) is 5.51. The van der Waals surface area contributed by atoms with Crippen molar-refractivity contribution in [1.82, 2.24) is 4.72 Å². The van der Waals surface area contributed by atoms with Crippen LogP contribution in [-0.4, -0.2) is 26.2 Å². The third kappa shape index (κ3) is 3.41. The van der Waals surface area contributed by atoms with Crippen molar-refractivity contribution in [3.05, 3.63) is 23.5 Å². The highest BCUT2D eigenvalue weighted by molar-refractivity contribution is 7.89. The molecule has 5 nitrogen and oxygen atoms in total. The summed E-state index contributed by atoms with van der Waals surface area (Å²) in [4.78, 5) is -0.109. The fraction of sp³-hybridized carbons (Fsp3) is 0.455. The monoisotopic (exact) mass is 276 g/mol. The van der Waals surface area contributed by atoms with E-state index in [4.69, 9.17) is 5.73 Å². The number of nitrogens with one attached hydrogen (secondary N) is 1. The lowest BCUT2D eigenvalue weighted by Crippen LogP contribution is -2.31. The van der Waals surface area contributed by atoms with Crippen LogP contribution in [0.15, 0.2) is 17.0 Å². The van der Waals surface area contributed by atoms with Crippen LogP contribution in [0, 0.1) is 12.7 Å². The molecule has 1 unspecified atom stereocenters. The van der Waals surface area contributed by atoms with Gasteiger partial charge in [0.05, 0.1) is 16.7 Å². The molecule has 0 aliphatic carbocycles. The van der Waals surface area contributed by atoms with Gasteiger partial charge in [0, 0.05) is 6.54 Å². The molecule has 1 aromatic rings. The molecule has 0 amide bonds. The second kappa shape index (κ2) is 5.64. The Hall–Kier alpha value is -1.18. The normalized spacial score (nSPS) is 13.6. The smallest absolute Gasteiger partial charge is 0.240 e. The topological polar surface area (TPSA) is 92.4 Å². The van der Waals surface area contributed by atoms with Crippen LogP contribution in [0.3, 0.4) is 0 Å². The zero-order valence-electron chi connectivity index (χ0n) is 10.3. The van der Waals surface area contributed by atoms with Gasteiger partial charge >= 0.3 is 0 Å². The van der Waals surface area contributed by atoms with Gasteiger partial charge in [-0.05, 0) is 31.0 Å². The summed E-state index contributed by atoms with van der Waals surface area (Å²) in [6.45, 7) is 3.08. The second-order valence-electron chi connectivity index (χ2n) is 4.06. The van der Waals surface area contributed by atoms with Crippen molar-refractivity contribution >= 4 is 15.7 Å². The van der Waals surface area contributed by atoms with E-state index in [1.807, 2.05) is 0 Å². The van der Waals surface area contributed by atoms with Crippen LogP contribution in [0.5, 0.6) is 0 Å². The molecule has 0 saturated carbocycles. The van der Waals surface area contributed by atoms with Gasteiger partial charge in [-0.15, -0.1) is 0 Å². The average molecular weight is 276 g/mol. The van der Waals surface area contributed by atoms with E-state index in [9.17, 15) is 17.9 Å². The molecular formula is C11H17FN2O3S. The zero-order chi connectivity index (χ0) is 13.9. The number of rotatable bonds is 5. The Labute approximate surface area is 106 Å². The Balaban J connectivity index is 2.99. The first-order valence-corrected chi connectivity index (χ1v) is 6.99. The number of nitrogens with two attached hydrogens (primary N) is 1. The van der Waals surface area contributed by atoms with Crippen LogP contribution in [0.2, 0.25) is 0 Å². The SMILES string of the molecule is CCC(O)CNS(=O)(=O)c1cc(C)c(F)c(N)c1. The van der Waals surface area contributed by atoms with Gasteiger partial charge in [-0.3, -0.25) is 0 Å². The van der Waals surface area contributed by atoms with Gasteiger partial charge in [-0.1, -0.05) is 6.92 Å². The van der Waals surface area contributed by atoms with E-state index in [2.05, 4.69) is 4.72 Å². The molecule has 7 heteroatoms. The van der Waals surface area contributed by atoms with Gasteiger partial charge in [0.2, 0.25) is 10.0 Å². The van der Waals surface area contributed by atoms with Crippen molar-refractivity contribution in [2.45, 2.75) is 31.3 Å². The molecule has 0 radical (unpaired) electrons. The number of benzene rings is 1. The Bertz CT molecular complexity index is 508. The van der Waals surface area contributed by atoms with Crippen molar-refractivity contribution in [3.63, 3.8) is 0 Å². The third-order valence-corrected chi connectivity index (χ3v) is 3.95. The van der Waals surface area contributed by atoms with E-state index in [0.29, 0.717) is 6.42 Å². The molecule has 4 N–H and O–H groups in total. The van der Waals surface area contributed by atoms with E-state index < -0.39 is 21.9 Å². The lowest BCUT2D eigenvalue weighted by molar-refractivity contribution is 0.174. The van der Waals surface area contributed by atoms with Crippen LogP contribution in [0.1, 0.15) is 18.9 Å². The van der Waals surface area contributed by atoms with Crippen LogP contribution in [-0.2, 0) is 10.0 Å². The van der Waals surface area contributed by atoms with Crippen molar-refractivity contribution in [2.24, 2.45) is 0 Å². The van der Waals surface area contributed by atoms with Gasteiger partial charge < -0.3 is 10.8 Å². The highest BCUT2D eigenvalue weighted by Gasteiger charge is 2.18. The van der Waals surface area contributed by atoms with E-state index in [0.717, 1.165) is 6.07 Å². The largest absolute Gasteiger partial charge is 0.396 e. The average Bonchev–Trinajstić information content (AvgIpc) is 2.32. The summed E-state index contributed by atoms with van der Waals surface area (Å²) < 4.78 is 39.3. The van der Waals surface area contributed by atoms with Crippen LogP contribution in [0.4, 0.5) is 10.1 Å². The van der Waals surface area contributed by atoms with Gasteiger partial charge in [-0.2, -0.15) is 0 Å². The van der Waals surface area contributed by atoms with Crippen molar-refractivity contribution in [2.75, 3.05) is 12.3 Å². The molecule has 0 saturated heterocycles. The van der Waals surface area contributed by atoms with Crippen molar-refractivity contribution in [1.29, 1.82) is 0 Å². The summed E-state index contributed by atoms with van der Waals surface area (Å²) >= 11 is 0. The third-order valence-electron chi connectivity index (χ3n) is 2.55. The summed E-state index contributed by atoms with van der Waals surface area (Å²) in [5.74, 6) is -0.623. The standard InChI is InChI=1S/C11H17FN2O3S/c1-3-8(15)6-14-18(16,17)9-4-7(2)11(12)10(13)5-9/h4-5,8,14-15H,3,6,13H2,1-2H3. The summed E-state index contributed by atoms with van der Waals surface area (Å²) in [7, 11) is -3.78. The molecule has 0 aliphatic rings. The summed E-state index contributed by atoms with van der Waals surface area (Å²) in [6, 6.07) is 2.26. The van der Waals surface area contributed by atoms with Gasteiger partial charge in [0.25, 0.3) is 0 Å². The van der Waals surface area contributed by atoms with Gasteiger partial charge in [0.15, 0.2) is 0 Å². The number of hydrogen-bond acceptors (Lipinski definition) is 4. The van der Waals surface area contributed by atoms with Gasteiger partial charge in [-0.25, -0.2) is 17.5 Å². The second-order valence-corrected chi connectivity index (χ2v) is 5.82. The maximum absolute atomic E-state index is 13.3. The Kier molecular flexibility index (Phi) is 4.66. The molecule has 1 rings (SSSR count). The number of aliphatic hydroxyl groups excluding tert-OH is 1. The molecule has 0 heterocycles. The fourth-order valence-corrected chi connectivity index (χ4v) is 2.54. The molecule has 18 heavy (non-hydrogen) atoms. The number of hydrogen-bond donors (Lipinski definition) is 3. The minimum Gasteiger partial charge on any atom is -0.396 e. The van der Waals surface area contributed by atoms with E-state index in [1.54, 1.807) is 6.92 Å². The van der Waals surface area contributed by atoms with E-state index in [-0.39, 0.29) is 22.7 Å². The summed E-state index contributed by atoms with van der Waals surface area (Å²) in [5, 5.41) is 9.31. The molecule has 102 valence electrons. The lowest BCUT2D eigenvalue weighted by atomic mass is 10.2. The number of aliphatic hydroxyl groups is 1. The van der Waals surface area contributed by atoms with E-state index >= 15 is 0 Å². The van der Waals surface area contributed by atoms with E-state index in [1.165, 1.54) is 13.0 Å². The number of aryl methyl sites for hydroxylation is 1. The highest BCUT2D eigenvalue weighted by atomic mass is 32.2. The fourth-order valence-electron chi connectivity index (χ4n) is 1.35. The van der Waals surface area contributed by atoms with Crippen LogP contribution >= 0.6 is 0 Å². The molecule has 0 aliphatic heterocycles. The number of nitrogen functional groups attached to an aromatic ring is 1. The first kappa shape index (κ1) is 14.9. The summed E-state index contributed by atoms with van der Waals surface area (Å²) in [6.07, 6.45) is -0.314. The Morgan fingerprint density at radius 1 is 1.50 bits per heavy atom. The molecular weight excluding hydrogens is 259 g/mol. The Morgan fingerprint density at radius 2 is 2.11 bits per heavy atom. The number of sulfonamides is 1. The minimum absolute atomic E-state index is 0.0881. The highest BCUT2D eigenvalue weighted by Crippen LogP contribution is 2.20. The first-order chi connectivity index (χ1) is 8.27. The lowest BCUT2D eigenvalue weighted by Gasteiger charge is -2.11. The predicted molar refractivity (Wildman–Crippen MR) is 67.0 cm³/mol. The molecule has 0 spiro atoms. The number of halogens is 1. The number of anilines is 1. The van der Waals surface area contributed by atoms with Crippen LogP contribution in [0.25, 0.3) is 0 Å².